The molecule has 6 heteroatoms. The van der Waals surface area contributed by atoms with Crippen molar-refractivity contribution in [1.82, 2.24) is 0 Å². The number of nitro benzene ring substituents is 1. The molecule has 0 saturated heterocycles. The summed E-state index contributed by atoms with van der Waals surface area (Å²) in [5, 5.41) is 10.8. The van der Waals surface area contributed by atoms with Crippen LogP contribution < -0.4 is 10.5 Å². The van der Waals surface area contributed by atoms with E-state index in [4.69, 9.17) is 10.5 Å². The highest BCUT2D eigenvalue weighted by molar-refractivity contribution is 5.64. The molecule has 0 atom stereocenters. The van der Waals surface area contributed by atoms with Gasteiger partial charge in [-0.25, -0.2) is 4.39 Å². The lowest BCUT2D eigenvalue weighted by Crippen LogP contribution is -2.02. The van der Waals surface area contributed by atoms with Crippen molar-refractivity contribution in [2.24, 2.45) is 0 Å². The Kier molecular flexibility index (Phi) is 3.84. The molecule has 0 fully saturated rings. The van der Waals surface area contributed by atoms with Crippen LogP contribution in [0.2, 0.25) is 0 Å². The number of hydrogen-bond acceptors (Lipinski definition) is 4. The summed E-state index contributed by atoms with van der Waals surface area (Å²) < 4.78 is 18.4. The van der Waals surface area contributed by atoms with Crippen molar-refractivity contribution < 1.29 is 14.1 Å². The van der Waals surface area contributed by atoms with Gasteiger partial charge in [0.05, 0.1) is 18.1 Å². The third-order valence-corrected chi connectivity index (χ3v) is 2.96. The van der Waals surface area contributed by atoms with Crippen LogP contribution in [0.3, 0.4) is 0 Å². The van der Waals surface area contributed by atoms with Crippen LogP contribution in [0.1, 0.15) is 11.1 Å². The van der Waals surface area contributed by atoms with E-state index in [9.17, 15) is 14.5 Å². The van der Waals surface area contributed by atoms with E-state index in [-0.39, 0.29) is 5.69 Å². The minimum atomic E-state index is -0.685. The Balaban J connectivity index is 2.35. The molecule has 0 bridgehead atoms. The van der Waals surface area contributed by atoms with Crippen LogP contribution in [-0.2, 0) is 6.42 Å². The predicted octanol–water partition coefficient (Wildman–Crippen LogP) is 2.92. The molecule has 0 aliphatic carbocycles. The molecule has 0 heterocycles. The van der Waals surface area contributed by atoms with Crippen molar-refractivity contribution in [2.75, 3.05) is 12.8 Å². The zero-order valence-corrected chi connectivity index (χ0v) is 10.8. The van der Waals surface area contributed by atoms with Crippen LogP contribution in [0.5, 0.6) is 5.75 Å². The summed E-state index contributed by atoms with van der Waals surface area (Å²) >= 11 is 0. The zero-order valence-electron chi connectivity index (χ0n) is 10.8. The van der Waals surface area contributed by atoms with Crippen molar-refractivity contribution in [1.29, 1.82) is 0 Å². The summed E-state index contributed by atoms with van der Waals surface area (Å²) in [7, 11) is 1.56. The first-order valence-electron chi connectivity index (χ1n) is 5.86. The number of halogens is 1. The Morgan fingerprint density at radius 1 is 1.30 bits per heavy atom. The summed E-state index contributed by atoms with van der Waals surface area (Å²) in [6.45, 7) is 0. The minimum absolute atomic E-state index is 0.00721. The zero-order chi connectivity index (χ0) is 14.7. The summed E-state index contributed by atoms with van der Waals surface area (Å²) in [6, 6.07) is 9.17. The molecule has 104 valence electrons. The Hall–Kier alpha value is -2.63. The maximum absolute atomic E-state index is 13.4. The Morgan fingerprint density at radius 3 is 2.50 bits per heavy atom. The highest BCUT2D eigenvalue weighted by Gasteiger charge is 2.17. The van der Waals surface area contributed by atoms with Gasteiger partial charge in [0, 0.05) is 0 Å². The van der Waals surface area contributed by atoms with Crippen molar-refractivity contribution >= 4 is 11.4 Å². The SMILES string of the molecule is COc1ccc(Cc2cc(F)cc([N+](=O)[O-])c2N)cc1. The molecule has 0 aliphatic heterocycles. The second kappa shape index (κ2) is 5.56. The first-order chi connectivity index (χ1) is 9.51. The van der Waals surface area contributed by atoms with Crippen LogP contribution in [0, 0.1) is 15.9 Å². The normalized spacial score (nSPS) is 10.3. The average Bonchev–Trinajstić information content (AvgIpc) is 2.43. The number of ether oxygens (including phenoxy) is 1. The fourth-order valence-electron chi connectivity index (χ4n) is 1.92. The summed E-state index contributed by atoms with van der Waals surface area (Å²) in [5.41, 5.74) is 6.56. The molecule has 0 amide bonds. The molecular formula is C14H13FN2O3. The average molecular weight is 276 g/mol. The molecule has 0 unspecified atom stereocenters. The van der Waals surface area contributed by atoms with E-state index in [0.29, 0.717) is 17.7 Å². The number of hydrogen-bond donors (Lipinski definition) is 1. The molecule has 2 rings (SSSR count). The maximum atomic E-state index is 13.4. The van der Waals surface area contributed by atoms with Gasteiger partial charge in [0.2, 0.25) is 0 Å². The third kappa shape index (κ3) is 2.85. The summed E-state index contributed by atoms with van der Waals surface area (Å²) in [5.74, 6) is 0.0290. The molecule has 0 spiro atoms. The van der Waals surface area contributed by atoms with Gasteiger partial charge < -0.3 is 10.5 Å². The van der Waals surface area contributed by atoms with Gasteiger partial charge in [-0.15, -0.1) is 0 Å². The topological polar surface area (TPSA) is 78.4 Å². The number of anilines is 1. The minimum Gasteiger partial charge on any atom is -0.497 e. The van der Waals surface area contributed by atoms with Crippen molar-refractivity contribution in [3.05, 3.63) is 63.5 Å². The van der Waals surface area contributed by atoms with Crippen molar-refractivity contribution in [2.45, 2.75) is 6.42 Å². The van der Waals surface area contributed by atoms with Crippen LogP contribution in [0.25, 0.3) is 0 Å². The van der Waals surface area contributed by atoms with Crippen LogP contribution in [0.15, 0.2) is 36.4 Å². The standard InChI is InChI=1S/C14H13FN2O3/c1-20-12-4-2-9(3-5-12)6-10-7-11(15)8-13(14(10)16)17(18)19/h2-5,7-8H,6,16H2,1H3. The van der Waals surface area contributed by atoms with Crippen molar-refractivity contribution in [3.8, 4) is 5.75 Å². The Labute approximate surface area is 114 Å². The maximum Gasteiger partial charge on any atom is 0.295 e. The summed E-state index contributed by atoms with van der Waals surface area (Å²) in [6.07, 6.45) is 0.314. The van der Waals surface area contributed by atoms with Crippen LogP contribution in [-0.4, -0.2) is 12.0 Å². The molecule has 2 aromatic rings. The van der Waals surface area contributed by atoms with Crippen molar-refractivity contribution in [3.63, 3.8) is 0 Å². The predicted molar refractivity (Wildman–Crippen MR) is 73.3 cm³/mol. The van der Waals surface area contributed by atoms with E-state index >= 15 is 0 Å². The largest absolute Gasteiger partial charge is 0.497 e. The van der Waals surface area contributed by atoms with E-state index < -0.39 is 16.4 Å². The molecule has 5 nitrogen and oxygen atoms in total. The van der Waals surface area contributed by atoms with Gasteiger partial charge in [-0.05, 0) is 35.7 Å². The van der Waals surface area contributed by atoms with Gasteiger partial charge in [-0.3, -0.25) is 10.1 Å². The smallest absolute Gasteiger partial charge is 0.295 e. The fraction of sp³-hybridized carbons (Fsp3) is 0.143. The number of rotatable bonds is 4. The number of benzene rings is 2. The first kappa shape index (κ1) is 13.8. The van der Waals surface area contributed by atoms with Gasteiger partial charge >= 0.3 is 0 Å². The molecule has 2 aromatic carbocycles. The van der Waals surface area contributed by atoms with Gasteiger partial charge in [0.25, 0.3) is 5.69 Å². The van der Waals surface area contributed by atoms with Gasteiger partial charge in [-0.1, -0.05) is 12.1 Å². The molecular weight excluding hydrogens is 263 g/mol. The van der Waals surface area contributed by atoms with E-state index in [1.54, 1.807) is 31.4 Å². The lowest BCUT2D eigenvalue weighted by atomic mass is 10.0. The number of nitrogens with zero attached hydrogens (tertiary/aromatic N) is 1. The fourth-order valence-corrected chi connectivity index (χ4v) is 1.92. The van der Waals surface area contributed by atoms with Crippen LogP contribution in [0.4, 0.5) is 15.8 Å². The highest BCUT2D eigenvalue weighted by Crippen LogP contribution is 2.28. The van der Waals surface area contributed by atoms with E-state index in [1.807, 2.05) is 0 Å². The van der Waals surface area contributed by atoms with Gasteiger partial charge in [0.15, 0.2) is 0 Å². The number of nitro groups is 1. The van der Waals surface area contributed by atoms with Gasteiger partial charge in [0.1, 0.15) is 17.3 Å². The molecule has 0 saturated carbocycles. The Bertz CT molecular complexity index is 642. The Morgan fingerprint density at radius 2 is 1.95 bits per heavy atom. The monoisotopic (exact) mass is 276 g/mol. The van der Waals surface area contributed by atoms with E-state index in [2.05, 4.69) is 0 Å². The summed E-state index contributed by atoms with van der Waals surface area (Å²) in [4.78, 5) is 10.1. The molecule has 20 heavy (non-hydrogen) atoms. The second-order valence-electron chi connectivity index (χ2n) is 4.28. The van der Waals surface area contributed by atoms with E-state index in [0.717, 1.165) is 11.6 Å². The molecule has 0 aliphatic rings. The molecule has 2 N–H and O–H groups in total. The van der Waals surface area contributed by atoms with Gasteiger partial charge in [-0.2, -0.15) is 0 Å². The lowest BCUT2D eigenvalue weighted by molar-refractivity contribution is -0.384. The van der Waals surface area contributed by atoms with Crippen LogP contribution >= 0.6 is 0 Å². The first-order valence-corrected chi connectivity index (χ1v) is 5.86. The third-order valence-electron chi connectivity index (χ3n) is 2.96. The number of nitrogens with two attached hydrogens (primary N) is 1. The van der Waals surface area contributed by atoms with E-state index in [1.165, 1.54) is 6.07 Å². The number of nitrogen functional groups attached to an aromatic ring is 1. The molecule has 0 radical (unpaired) electrons. The second-order valence-corrected chi connectivity index (χ2v) is 4.28. The quantitative estimate of drug-likeness (QED) is 0.529. The molecule has 0 aromatic heterocycles. The lowest BCUT2D eigenvalue weighted by Gasteiger charge is -2.07. The number of methoxy groups -OCH3 is 1. The highest BCUT2D eigenvalue weighted by atomic mass is 19.1.